The fourth-order valence-electron chi connectivity index (χ4n) is 2.29. The fourth-order valence-corrected chi connectivity index (χ4v) is 2.29. The summed E-state index contributed by atoms with van der Waals surface area (Å²) in [7, 11) is 0. The van der Waals surface area contributed by atoms with E-state index in [-0.39, 0.29) is 12.2 Å². The average Bonchev–Trinajstić information content (AvgIpc) is 2.47. The first kappa shape index (κ1) is 14.2. The van der Waals surface area contributed by atoms with Crippen molar-refractivity contribution in [1.82, 2.24) is 0 Å². The minimum Gasteiger partial charge on any atom is -0.377 e. The van der Waals surface area contributed by atoms with Gasteiger partial charge in [0.15, 0.2) is 11.4 Å². The normalized spacial score (nSPS) is 13.5. The Bertz CT molecular complexity index is 602. The van der Waals surface area contributed by atoms with Crippen LogP contribution in [0.3, 0.4) is 0 Å². The Morgan fingerprint density at radius 1 is 1.05 bits per heavy atom. The zero-order chi connectivity index (χ0) is 14.6. The Balaban J connectivity index is 2.48. The van der Waals surface area contributed by atoms with E-state index in [1.165, 1.54) is 0 Å². The van der Waals surface area contributed by atoms with Crippen LogP contribution in [0.1, 0.15) is 29.3 Å². The molecule has 2 aromatic rings. The Kier molecular flexibility index (Phi) is 4.16. The summed E-state index contributed by atoms with van der Waals surface area (Å²) >= 11 is 0. The third-order valence-electron chi connectivity index (χ3n) is 3.22. The van der Waals surface area contributed by atoms with Gasteiger partial charge in [-0.1, -0.05) is 66.2 Å². The molecule has 0 saturated carbocycles. The molecule has 0 aromatic heterocycles. The molecule has 1 N–H and O–H groups in total. The van der Waals surface area contributed by atoms with Gasteiger partial charge >= 0.3 is 0 Å². The maximum Gasteiger partial charge on any atom is 0.199 e. The Labute approximate surface area is 119 Å². The number of aliphatic hydroxyl groups is 1. The maximum absolute atomic E-state index is 12.7. The minimum atomic E-state index is -1.56. The monoisotopic (exact) mass is 266 g/mol. The highest BCUT2D eigenvalue weighted by Crippen LogP contribution is 2.31. The molecule has 2 nitrogen and oxygen atoms in total. The topological polar surface area (TPSA) is 37.3 Å². The lowest BCUT2D eigenvalue weighted by molar-refractivity contribution is 0.0299. The van der Waals surface area contributed by atoms with Gasteiger partial charge in [0.25, 0.3) is 0 Å². The van der Waals surface area contributed by atoms with Crippen molar-refractivity contribution in [2.45, 2.75) is 18.9 Å². The molecule has 20 heavy (non-hydrogen) atoms. The quantitative estimate of drug-likeness (QED) is 0.661. The molecular weight excluding hydrogens is 248 g/mol. The number of hydrogen-bond donors (Lipinski definition) is 1. The molecule has 0 spiro atoms. The second-order valence-electron chi connectivity index (χ2n) is 5.06. The van der Waals surface area contributed by atoms with Crippen molar-refractivity contribution >= 4 is 5.78 Å². The number of ketones is 1. The van der Waals surface area contributed by atoms with E-state index in [2.05, 4.69) is 6.58 Å². The lowest BCUT2D eigenvalue weighted by Gasteiger charge is -2.27. The number of carbonyl (C=O) groups excluding carboxylic acids is 1. The van der Waals surface area contributed by atoms with Crippen molar-refractivity contribution in [1.29, 1.82) is 0 Å². The zero-order valence-electron chi connectivity index (χ0n) is 11.5. The van der Waals surface area contributed by atoms with Gasteiger partial charge in [-0.15, -0.1) is 6.58 Å². The molecule has 0 radical (unpaired) electrons. The second-order valence-corrected chi connectivity index (χ2v) is 5.06. The van der Waals surface area contributed by atoms with Crippen LogP contribution < -0.4 is 0 Å². The van der Waals surface area contributed by atoms with Crippen LogP contribution in [0.5, 0.6) is 0 Å². The number of carbonyl (C=O) groups is 1. The van der Waals surface area contributed by atoms with E-state index < -0.39 is 5.60 Å². The largest absolute Gasteiger partial charge is 0.377 e. The molecule has 0 bridgehead atoms. The van der Waals surface area contributed by atoms with E-state index in [1.54, 1.807) is 36.4 Å². The van der Waals surface area contributed by atoms with Gasteiger partial charge in [-0.05, 0) is 12.5 Å². The van der Waals surface area contributed by atoms with Crippen LogP contribution in [0.15, 0.2) is 72.8 Å². The van der Waals surface area contributed by atoms with Crippen molar-refractivity contribution in [3.05, 3.63) is 83.9 Å². The number of hydrogen-bond acceptors (Lipinski definition) is 2. The van der Waals surface area contributed by atoms with Gasteiger partial charge in [0, 0.05) is 12.0 Å². The van der Waals surface area contributed by atoms with Crippen LogP contribution in [-0.2, 0) is 5.60 Å². The first-order valence-electron chi connectivity index (χ1n) is 6.56. The molecular formula is C18H18O2. The highest BCUT2D eigenvalue weighted by atomic mass is 16.3. The molecule has 0 aliphatic carbocycles. The molecule has 1 unspecified atom stereocenters. The molecule has 2 aromatic carbocycles. The molecule has 1 atom stereocenters. The molecule has 2 heteroatoms. The lowest BCUT2D eigenvalue weighted by Crippen LogP contribution is -2.36. The number of Topliss-reactive ketones (excluding diaryl/α,β-unsaturated/α-hetero) is 1. The first-order chi connectivity index (χ1) is 9.54. The van der Waals surface area contributed by atoms with Gasteiger partial charge in [-0.2, -0.15) is 0 Å². The van der Waals surface area contributed by atoms with E-state index in [4.69, 9.17) is 0 Å². The van der Waals surface area contributed by atoms with Crippen molar-refractivity contribution in [2.75, 3.05) is 0 Å². The van der Waals surface area contributed by atoms with E-state index in [1.807, 2.05) is 31.2 Å². The second kappa shape index (κ2) is 5.85. The smallest absolute Gasteiger partial charge is 0.199 e. The minimum absolute atomic E-state index is 0.213. The van der Waals surface area contributed by atoms with Crippen LogP contribution in [-0.4, -0.2) is 10.9 Å². The van der Waals surface area contributed by atoms with Crippen molar-refractivity contribution in [2.24, 2.45) is 0 Å². The maximum atomic E-state index is 12.7. The summed E-state index contributed by atoms with van der Waals surface area (Å²) in [4.78, 5) is 12.7. The molecule has 0 amide bonds. The first-order valence-corrected chi connectivity index (χ1v) is 6.56. The van der Waals surface area contributed by atoms with Crippen LogP contribution in [0.25, 0.3) is 0 Å². The average molecular weight is 266 g/mol. The molecule has 0 aliphatic heterocycles. The van der Waals surface area contributed by atoms with E-state index >= 15 is 0 Å². The van der Waals surface area contributed by atoms with Gasteiger partial charge in [0.1, 0.15) is 0 Å². The number of benzene rings is 2. The Hall–Kier alpha value is -2.19. The van der Waals surface area contributed by atoms with E-state index in [0.29, 0.717) is 11.1 Å². The summed E-state index contributed by atoms with van der Waals surface area (Å²) in [6, 6.07) is 17.9. The SMILES string of the molecule is C=C(C)CC(O)(C(=O)c1ccccc1)c1ccccc1. The highest BCUT2D eigenvalue weighted by Gasteiger charge is 2.38. The third-order valence-corrected chi connectivity index (χ3v) is 3.22. The van der Waals surface area contributed by atoms with Gasteiger partial charge in [0.05, 0.1) is 0 Å². The Morgan fingerprint density at radius 3 is 2.05 bits per heavy atom. The standard InChI is InChI=1S/C18H18O2/c1-14(2)13-18(20,16-11-7-4-8-12-16)17(19)15-9-5-3-6-10-15/h3-12,20H,1,13H2,2H3. The van der Waals surface area contributed by atoms with Crippen molar-refractivity contribution in [3.63, 3.8) is 0 Å². The molecule has 0 saturated heterocycles. The van der Waals surface area contributed by atoms with E-state index in [9.17, 15) is 9.90 Å². The lowest BCUT2D eigenvalue weighted by atomic mass is 9.81. The van der Waals surface area contributed by atoms with Crippen LogP contribution in [0.4, 0.5) is 0 Å². The van der Waals surface area contributed by atoms with Crippen LogP contribution in [0, 0.1) is 0 Å². The van der Waals surface area contributed by atoms with Crippen molar-refractivity contribution in [3.8, 4) is 0 Å². The molecule has 0 aliphatic rings. The third kappa shape index (κ3) is 2.86. The van der Waals surface area contributed by atoms with Gasteiger partial charge in [-0.3, -0.25) is 4.79 Å². The number of rotatable bonds is 5. The summed E-state index contributed by atoms with van der Waals surface area (Å²) in [6.45, 7) is 5.64. The van der Waals surface area contributed by atoms with Crippen LogP contribution in [0.2, 0.25) is 0 Å². The van der Waals surface area contributed by atoms with Crippen LogP contribution >= 0.6 is 0 Å². The molecule has 0 heterocycles. The summed E-state index contributed by atoms with van der Waals surface area (Å²) < 4.78 is 0. The van der Waals surface area contributed by atoms with Crippen molar-refractivity contribution < 1.29 is 9.90 Å². The summed E-state index contributed by atoms with van der Waals surface area (Å²) in [6.07, 6.45) is 0.213. The predicted octanol–water partition coefficient (Wildman–Crippen LogP) is 3.72. The molecule has 102 valence electrons. The predicted molar refractivity (Wildman–Crippen MR) is 80.5 cm³/mol. The fraction of sp³-hybridized carbons (Fsp3) is 0.167. The summed E-state index contributed by atoms with van der Waals surface area (Å²) in [5.74, 6) is -0.299. The summed E-state index contributed by atoms with van der Waals surface area (Å²) in [5, 5.41) is 11.0. The van der Waals surface area contributed by atoms with Gasteiger partial charge in [0.2, 0.25) is 0 Å². The zero-order valence-corrected chi connectivity index (χ0v) is 11.5. The Morgan fingerprint density at radius 2 is 1.55 bits per heavy atom. The van der Waals surface area contributed by atoms with Gasteiger partial charge in [-0.25, -0.2) is 0 Å². The molecule has 0 fully saturated rings. The summed E-state index contributed by atoms with van der Waals surface area (Å²) in [5.41, 5.74) is 0.298. The highest BCUT2D eigenvalue weighted by molar-refractivity contribution is 6.03. The van der Waals surface area contributed by atoms with E-state index in [0.717, 1.165) is 5.57 Å². The molecule has 2 rings (SSSR count). The van der Waals surface area contributed by atoms with Gasteiger partial charge < -0.3 is 5.11 Å².